The number of aryl methyl sites for hydroxylation is 1. The molecule has 0 bridgehead atoms. The Hall–Kier alpha value is -2.19. The van der Waals surface area contributed by atoms with Gasteiger partial charge in [0.05, 0.1) is 11.9 Å². The Kier molecular flexibility index (Phi) is 4.94. The second kappa shape index (κ2) is 6.71. The SMILES string of the molecule is Cc1csc(NC(=O)/C=C/c2ccc(NS(C)(=O)=O)cc2)n1. The molecule has 0 radical (unpaired) electrons. The van der Waals surface area contributed by atoms with Gasteiger partial charge in [0.15, 0.2) is 5.13 Å². The third-order valence-corrected chi connectivity index (χ3v) is 3.97. The minimum atomic E-state index is -3.29. The van der Waals surface area contributed by atoms with Gasteiger partial charge in [-0.3, -0.25) is 14.8 Å². The molecule has 0 atom stereocenters. The van der Waals surface area contributed by atoms with Crippen LogP contribution in [0.2, 0.25) is 0 Å². The van der Waals surface area contributed by atoms with Crippen LogP contribution in [0, 0.1) is 6.92 Å². The number of anilines is 2. The molecular formula is C14H15N3O3S2. The Morgan fingerprint density at radius 1 is 1.27 bits per heavy atom. The van der Waals surface area contributed by atoms with E-state index in [0.29, 0.717) is 10.8 Å². The number of nitrogens with one attached hydrogen (secondary N) is 2. The van der Waals surface area contributed by atoms with E-state index in [4.69, 9.17) is 0 Å². The third-order valence-electron chi connectivity index (χ3n) is 2.49. The van der Waals surface area contributed by atoms with Crippen LogP contribution in [-0.4, -0.2) is 25.6 Å². The van der Waals surface area contributed by atoms with Crippen molar-refractivity contribution in [3.8, 4) is 0 Å². The van der Waals surface area contributed by atoms with Crippen LogP contribution in [0.4, 0.5) is 10.8 Å². The number of sulfonamides is 1. The van der Waals surface area contributed by atoms with Gasteiger partial charge in [0.2, 0.25) is 15.9 Å². The van der Waals surface area contributed by atoms with Crippen molar-refractivity contribution in [2.45, 2.75) is 6.92 Å². The lowest BCUT2D eigenvalue weighted by Gasteiger charge is -2.03. The second-order valence-electron chi connectivity index (χ2n) is 4.61. The van der Waals surface area contributed by atoms with Gasteiger partial charge in [-0.15, -0.1) is 11.3 Å². The zero-order valence-electron chi connectivity index (χ0n) is 12.0. The zero-order valence-corrected chi connectivity index (χ0v) is 13.7. The fourth-order valence-electron chi connectivity index (χ4n) is 1.61. The smallest absolute Gasteiger partial charge is 0.250 e. The van der Waals surface area contributed by atoms with Gasteiger partial charge in [-0.05, 0) is 30.7 Å². The van der Waals surface area contributed by atoms with Crippen LogP contribution >= 0.6 is 11.3 Å². The van der Waals surface area contributed by atoms with Crippen molar-refractivity contribution in [3.05, 3.63) is 47.0 Å². The lowest BCUT2D eigenvalue weighted by Crippen LogP contribution is -2.09. The summed E-state index contributed by atoms with van der Waals surface area (Å²) in [5, 5.41) is 5.07. The molecule has 22 heavy (non-hydrogen) atoms. The summed E-state index contributed by atoms with van der Waals surface area (Å²) < 4.78 is 24.6. The molecule has 2 aromatic rings. The lowest BCUT2D eigenvalue weighted by molar-refractivity contribution is -0.111. The highest BCUT2D eigenvalue weighted by Crippen LogP contribution is 2.15. The summed E-state index contributed by atoms with van der Waals surface area (Å²) in [7, 11) is -3.29. The number of carbonyl (C=O) groups is 1. The predicted octanol–water partition coefficient (Wildman–Crippen LogP) is 2.47. The topological polar surface area (TPSA) is 88.2 Å². The molecule has 116 valence electrons. The first kappa shape index (κ1) is 16.2. The number of rotatable bonds is 5. The normalized spacial score (nSPS) is 11.5. The second-order valence-corrected chi connectivity index (χ2v) is 7.22. The number of nitrogens with zero attached hydrogens (tertiary/aromatic N) is 1. The van der Waals surface area contributed by atoms with Gasteiger partial charge in [-0.25, -0.2) is 13.4 Å². The summed E-state index contributed by atoms with van der Waals surface area (Å²) in [6, 6.07) is 6.68. The molecule has 8 heteroatoms. The molecule has 1 heterocycles. The van der Waals surface area contributed by atoms with Crippen LogP contribution < -0.4 is 10.0 Å². The number of hydrogen-bond donors (Lipinski definition) is 2. The highest BCUT2D eigenvalue weighted by molar-refractivity contribution is 7.92. The van der Waals surface area contributed by atoms with E-state index in [2.05, 4.69) is 15.0 Å². The maximum atomic E-state index is 11.7. The van der Waals surface area contributed by atoms with Crippen molar-refractivity contribution in [2.24, 2.45) is 0 Å². The molecule has 0 fully saturated rings. The molecule has 0 aliphatic carbocycles. The van der Waals surface area contributed by atoms with Crippen molar-refractivity contribution in [1.82, 2.24) is 4.98 Å². The molecule has 2 N–H and O–H groups in total. The van der Waals surface area contributed by atoms with Crippen molar-refractivity contribution < 1.29 is 13.2 Å². The third kappa shape index (κ3) is 5.30. The Bertz CT molecular complexity index is 793. The van der Waals surface area contributed by atoms with Crippen LogP contribution in [0.25, 0.3) is 6.08 Å². The molecule has 0 unspecified atom stereocenters. The van der Waals surface area contributed by atoms with Gasteiger partial charge in [0.1, 0.15) is 0 Å². The number of benzene rings is 1. The largest absolute Gasteiger partial charge is 0.298 e. The number of carbonyl (C=O) groups excluding carboxylic acids is 1. The molecule has 1 aromatic carbocycles. The fraction of sp³-hybridized carbons (Fsp3) is 0.143. The number of hydrogen-bond acceptors (Lipinski definition) is 5. The molecule has 0 aliphatic rings. The first-order chi connectivity index (χ1) is 10.3. The fourth-order valence-corrected chi connectivity index (χ4v) is 2.86. The van der Waals surface area contributed by atoms with E-state index in [1.807, 2.05) is 12.3 Å². The summed E-state index contributed by atoms with van der Waals surface area (Å²) in [5.41, 5.74) is 2.12. The minimum Gasteiger partial charge on any atom is -0.298 e. The Labute approximate surface area is 133 Å². The summed E-state index contributed by atoms with van der Waals surface area (Å²) in [5.74, 6) is -0.271. The molecule has 6 nitrogen and oxygen atoms in total. The van der Waals surface area contributed by atoms with E-state index >= 15 is 0 Å². The minimum absolute atomic E-state index is 0.271. The van der Waals surface area contributed by atoms with E-state index in [1.54, 1.807) is 30.3 Å². The molecule has 0 saturated heterocycles. The maximum absolute atomic E-state index is 11.7. The molecular weight excluding hydrogens is 322 g/mol. The first-order valence-corrected chi connectivity index (χ1v) is 9.08. The van der Waals surface area contributed by atoms with Crippen LogP contribution in [0.15, 0.2) is 35.7 Å². The Morgan fingerprint density at radius 3 is 2.50 bits per heavy atom. The Morgan fingerprint density at radius 2 is 1.95 bits per heavy atom. The molecule has 0 saturated carbocycles. The van der Waals surface area contributed by atoms with Gasteiger partial charge in [-0.1, -0.05) is 12.1 Å². The predicted molar refractivity (Wildman–Crippen MR) is 89.4 cm³/mol. The molecule has 0 aliphatic heterocycles. The van der Waals surface area contributed by atoms with E-state index in [-0.39, 0.29) is 5.91 Å². The van der Waals surface area contributed by atoms with Gasteiger partial charge in [0, 0.05) is 17.1 Å². The lowest BCUT2D eigenvalue weighted by atomic mass is 10.2. The van der Waals surface area contributed by atoms with Crippen molar-refractivity contribution in [1.29, 1.82) is 0 Å². The van der Waals surface area contributed by atoms with Crippen molar-refractivity contribution in [3.63, 3.8) is 0 Å². The average molecular weight is 337 g/mol. The van der Waals surface area contributed by atoms with Crippen LogP contribution in [-0.2, 0) is 14.8 Å². The van der Waals surface area contributed by atoms with Crippen LogP contribution in [0.3, 0.4) is 0 Å². The number of amides is 1. The Balaban J connectivity index is 1.96. The van der Waals surface area contributed by atoms with Gasteiger partial charge >= 0.3 is 0 Å². The standard InChI is InChI=1S/C14H15N3O3S2/c1-10-9-21-14(15-10)16-13(18)8-5-11-3-6-12(7-4-11)17-22(2,19)20/h3-9,17H,1-2H3,(H,15,16,18)/b8-5+. The molecule has 1 aromatic heterocycles. The zero-order chi connectivity index (χ0) is 16.2. The molecule has 1 amide bonds. The quantitative estimate of drug-likeness (QED) is 0.821. The summed E-state index contributed by atoms with van der Waals surface area (Å²) in [6.07, 6.45) is 4.13. The van der Waals surface area contributed by atoms with Crippen molar-refractivity contribution >= 4 is 44.2 Å². The molecule has 2 rings (SSSR count). The number of thiazole rings is 1. The van der Waals surface area contributed by atoms with Gasteiger partial charge in [-0.2, -0.15) is 0 Å². The van der Waals surface area contributed by atoms with E-state index < -0.39 is 10.0 Å². The number of aromatic nitrogens is 1. The van der Waals surface area contributed by atoms with E-state index in [0.717, 1.165) is 17.5 Å². The average Bonchev–Trinajstić information content (AvgIpc) is 2.81. The van der Waals surface area contributed by atoms with Gasteiger partial charge < -0.3 is 0 Å². The summed E-state index contributed by atoms with van der Waals surface area (Å²) in [6.45, 7) is 1.86. The first-order valence-electron chi connectivity index (χ1n) is 6.31. The highest BCUT2D eigenvalue weighted by Gasteiger charge is 2.02. The summed E-state index contributed by atoms with van der Waals surface area (Å²) >= 11 is 1.36. The van der Waals surface area contributed by atoms with E-state index in [9.17, 15) is 13.2 Å². The maximum Gasteiger partial charge on any atom is 0.250 e. The van der Waals surface area contributed by atoms with E-state index in [1.165, 1.54) is 17.4 Å². The van der Waals surface area contributed by atoms with Crippen LogP contribution in [0.1, 0.15) is 11.3 Å². The summed E-state index contributed by atoms with van der Waals surface area (Å²) in [4.78, 5) is 15.9. The van der Waals surface area contributed by atoms with Crippen molar-refractivity contribution in [2.75, 3.05) is 16.3 Å². The van der Waals surface area contributed by atoms with Crippen LogP contribution in [0.5, 0.6) is 0 Å². The van der Waals surface area contributed by atoms with Gasteiger partial charge in [0.25, 0.3) is 0 Å². The molecule has 0 spiro atoms. The highest BCUT2D eigenvalue weighted by atomic mass is 32.2. The monoisotopic (exact) mass is 337 g/mol.